The van der Waals surface area contributed by atoms with E-state index < -0.39 is 91.5 Å². The van der Waals surface area contributed by atoms with E-state index in [1.807, 2.05) is 0 Å². The number of rotatable bonds is 63. The van der Waals surface area contributed by atoms with E-state index in [4.69, 9.17) is 32.3 Å². The molecule has 18 heteroatoms. The molecule has 0 aliphatic heterocycles. The fraction of sp³-hybridized carbons (Fsp3) is 0.725. The molecule has 0 fully saturated rings. The third-order valence-corrected chi connectivity index (χ3v) is 15.6. The number of hydrogen-bond donors (Lipinski definition) is 4. The summed E-state index contributed by atoms with van der Waals surface area (Å²) < 4.78 is 60.7. The van der Waals surface area contributed by atoms with Crippen LogP contribution in [0.15, 0.2) is 97.2 Å². The average Bonchev–Trinajstić information content (AvgIpc) is 3.69. The van der Waals surface area contributed by atoms with Gasteiger partial charge in [-0.25, -0.2) is 9.13 Å². The van der Waals surface area contributed by atoms with Crippen LogP contribution in [-0.4, -0.2) is 95.9 Å². The van der Waals surface area contributed by atoms with Crippen molar-refractivity contribution in [2.75, 3.05) is 39.6 Å². The third-order valence-electron chi connectivity index (χ3n) is 13.7. The Morgan fingerprint density at radius 2 is 0.598 bits per heavy atom. The number of aliphatic hydroxyl groups is 2. The number of esters is 3. The zero-order chi connectivity index (χ0) is 63.8. The first-order chi connectivity index (χ1) is 42.2. The van der Waals surface area contributed by atoms with Gasteiger partial charge in [0.15, 0.2) is 6.10 Å². The third kappa shape index (κ3) is 63.8. The Hall–Kier alpha value is -3.53. The highest BCUT2D eigenvalue weighted by atomic mass is 31.2. The fourth-order valence-electron chi connectivity index (χ4n) is 8.57. The quantitative estimate of drug-likeness (QED) is 0.0146. The molecule has 4 N–H and O–H groups in total. The van der Waals surface area contributed by atoms with Gasteiger partial charge in [0.1, 0.15) is 25.4 Å². The maximum Gasteiger partial charge on any atom is 0.472 e. The lowest BCUT2D eigenvalue weighted by Gasteiger charge is -2.21. The van der Waals surface area contributed by atoms with E-state index in [0.717, 1.165) is 154 Å². The molecule has 0 bridgehead atoms. The minimum absolute atomic E-state index is 0.0845. The van der Waals surface area contributed by atoms with Crippen LogP contribution in [0, 0.1) is 0 Å². The van der Waals surface area contributed by atoms with Gasteiger partial charge in [0, 0.05) is 19.3 Å². The summed E-state index contributed by atoms with van der Waals surface area (Å²) in [5.74, 6) is -1.61. The molecule has 0 aromatic heterocycles. The predicted octanol–water partition coefficient (Wildman–Crippen LogP) is 18.3. The molecule has 0 saturated heterocycles. The summed E-state index contributed by atoms with van der Waals surface area (Å²) in [5.41, 5.74) is 0. The van der Waals surface area contributed by atoms with Crippen molar-refractivity contribution in [3.05, 3.63) is 97.2 Å². The van der Waals surface area contributed by atoms with Crippen LogP contribution in [0.4, 0.5) is 0 Å². The number of carbonyl (C=O) groups excluding carboxylic acids is 3. The maximum atomic E-state index is 12.9. The van der Waals surface area contributed by atoms with Crippen LogP contribution in [0.5, 0.6) is 0 Å². The molecule has 5 unspecified atom stereocenters. The zero-order valence-corrected chi connectivity index (χ0v) is 56.0. The van der Waals surface area contributed by atoms with E-state index in [1.165, 1.54) is 51.4 Å². The van der Waals surface area contributed by atoms with Gasteiger partial charge >= 0.3 is 33.6 Å². The van der Waals surface area contributed by atoms with Crippen LogP contribution in [-0.2, 0) is 55.8 Å². The van der Waals surface area contributed by atoms with E-state index in [2.05, 4.69) is 118 Å². The van der Waals surface area contributed by atoms with Gasteiger partial charge in [-0.05, 0) is 116 Å². The number of hydrogen-bond acceptors (Lipinski definition) is 14. The van der Waals surface area contributed by atoms with Crippen LogP contribution in [0.1, 0.15) is 265 Å². The highest BCUT2D eigenvalue weighted by Gasteiger charge is 2.29. The summed E-state index contributed by atoms with van der Waals surface area (Å²) in [7, 11) is -9.78. The smallest absolute Gasteiger partial charge is 0.463 e. The predicted molar refractivity (Wildman–Crippen MR) is 353 cm³/mol. The van der Waals surface area contributed by atoms with Crippen molar-refractivity contribution in [1.82, 2.24) is 0 Å². The Morgan fingerprint density at radius 3 is 0.954 bits per heavy atom. The van der Waals surface area contributed by atoms with Crippen LogP contribution in [0.2, 0.25) is 0 Å². The van der Waals surface area contributed by atoms with Crippen molar-refractivity contribution in [3.63, 3.8) is 0 Å². The van der Waals surface area contributed by atoms with Gasteiger partial charge in [0.25, 0.3) is 0 Å². The molecule has 87 heavy (non-hydrogen) atoms. The lowest BCUT2D eigenvalue weighted by molar-refractivity contribution is -0.161. The average molecular weight is 1270 g/mol. The highest BCUT2D eigenvalue weighted by Crippen LogP contribution is 2.45. The van der Waals surface area contributed by atoms with Gasteiger partial charge < -0.3 is 34.2 Å². The minimum atomic E-state index is -4.93. The second-order valence-corrected chi connectivity index (χ2v) is 25.2. The van der Waals surface area contributed by atoms with Gasteiger partial charge in [-0.15, -0.1) is 0 Å². The molecule has 0 aliphatic carbocycles. The first-order valence-corrected chi connectivity index (χ1v) is 36.5. The van der Waals surface area contributed by atoms with Crippen LogP contribution >= 0.6 is 15.6 Å². The van der Waals surface area contributed by atoms with Crippen molar-refractivity contribution in [1.29, 1.82) is 0 Å². The maximum absolute atomic E-state index is 12.9. The molecule has 0 aliphatic rings. The van der Waals surface area contributed by atoms with E-state index in [0.29, 0.717) is 19.3 Å². The number of carbonyl (C=O) groups is 3. The molecule has 0 aromatic rings. The summed E-state index contributed by atoms with van der Waals surface area (Å²) in [6, 6.07) is 0. The van der Waals surface area contributed by atoms with Gasteiger partial charge in [-0.1, -0.05) is 227 Å². The molecule has 502 valence electrons. The summed E-state index contributed by atoms with van der Waals surface area (Å²) in [6.07, 6.45) is 67.6. The Kier molecular flexibility index (Phi) is 60.1. The van der Waals surface area contributed by atoms with Crippen molar-refractivity contribution < 1.29 is 75.8 Å². The second-order valence-electron chi connectivity index (χ2n) is 22.3. The number of aliphatic hydroxyl groups excluding tert-OH is 2. The number of phosphoric ester groups is 2. The Bertz CT molecular complexity index is 1980. The van der Waals surface area contributed by atoms with Crippen LogP contribution < -0.4 is 0 Å². The summed E-state index contributed by atoms with van der Waals surface area (Å²) in [5, 5.41) is 20.5. The Morgan fingerprint density at radius 1 is 0.322 bits per heavy atom. The number of allylic oxidation sites excluding steroid dienone is 16. The van der Waals surface area contributed by atoms with Crippen LogP contribution in [0.25, 0.3) is 0 Å². The normalized spacial score (nSPS) is 14.9. The lowest BCUT2D eigenvalue weighted by atomic mass is 10.1. The Balaban J connectivity index is 4.52. The number of ether oxygens (including phenoxy) is 3. The van der Waals surface area contributed by atoms with E-state index in [9.17, 15) is 43.5 Å². The van der Waals surface area contributed by atoms with Crippen molar-refractivity contribution >= 4 is 33.6 Å². The van der Waals surface area contributed by atoms with E-state index in [-0.39, 0.29) is 19.3 Å². The monoisotopic (exact) mass is 1270 g/mol. The number of phosphoric acid groups is 2. The Labute approximate surface area is 527 Å². The minimum Gasteiger partial charge on any atom is -0.463 e. The van der Waals surface area contributed by atoms with E-state index >= 15 is 0 Å². The first-order valence-electron chi connectivity index (χ1n) is 33.5. The van der Waals surface area contributed by atoms with Gasteiger partial charge in [-0.2, -0.15) is 0 Å². The molecular formula is C69H120O16P2. The van der Waals surface area contributed by atoms with Crippen molar-refractivity contribution in [2.24, 2.45) is 0 Å². The zero-order valence-electron chi connectivity index (χ0n) is 54.2. The summed E-state index contributed by atoms with van der Waals surface area (Å²) >= 11 is 0. The summed E-state index contributed by atoms with van der Waals surface area (Å²) in [4.78, 5) is 58.2. The SMILES string of the molecule is CCC/C=C\C/C=C\CCCCCCCC(=O)OCC(COP(=O)(O)OCC(O)COP(=O)(O)OCC(O)COC(=O)CCCCCCCCCCC/C=C\C/C=C\C/C=C\C/C=C\CCCCC)OC(=O)CCCCCCC/C=C\C/C=C\CCC. The summed E-state index contributed by atoms with van der Waals surface area (Å²) in [6.45, 7) is 2.46. The topological polar surface area (TPSA) is 231 Å². The molecule has 0 amide bonds. The fourth-order valence-corrected chi connectivity index (χ4v) is 10.2. The molecule has 0 spiro atoms. The molecule has 5 atom stereocenters. The van der Waals surface area contributed by atoms with E-state index in [1.54, 1.807) is 0 Å². The second kappa shape index (κ2) is 62.7. The first kappa shape index (κ1) is 83.5. The molecule has 0 rings (SSSR count). The standard InChI is InChI=1S/C69H120O16P2/c1-4-7-10-13-16-19-22-25-26-27-28-29-30-31-32-33-34-35-36-39-41-43-46-49-52-55-67(72)79-58-64(70)59-81-86(75,76)82-60-65(71)61-83-87(77,78)84-63-66(85-69(74)57-54-51-48-45-42-38-24-21-18-15-12-9-6-3)62-80-68(73)56-53-50-47-44-40-37-23-20-17-14-11-8-5-2/h11-12,14-16,19-21,23-26,28-29,31-32,64-66,70-71H,4-10,13,17-18,22,27,30,33-63H2,1-3H3,(H,75,76)(H,77,78)/b14-11-,15-12-,19-16-,23-20-,24-21-,26-25-,29-28-,32-31-. The van der Waals surface area contributed by atoms with Crippen LogP contribution in [0.3, 0.4) is 0 Å². The molecule has 0 aromatic carbocycles. The van der Waals surface area contributed by atoms with Crippen molar-refractivity contribution in [3.8, 4) is 0 Å². The molecule has 0 heterocycles. The molecule has 0 radical (unpaired) electrons. The largest absolute Gasteiger partial charge is 0.472 e. The molecule has 0 saturated carbocycles. The molecular weight excluding hydrogens is 1150 g/mol. The van der Waals surface area contributed by atoms with Gasteiger partial charge in [0.2, 0.25) is 0 Å². The molecule has 16 nitrogen and oxygen atoms in total. The lowest BCUT2D eigenvalue weighted by Crippen LogP contribution is -2.30. The number of unbranched alkanes of at least 4 members (excludes halogenated alkanes) is 24. The van der Waals surface area contributed by atoms with Gasteiger partial charge in [-0.3, -0.25) is 32.5 Å². The van der Waals surface area contributed by atoms with Crippen molar-refractivity contribution in [2.45, 2.75) is 283 Å². The van der Waals surface area contributed by atoms with Gasteiger partial charge in [0.05, 0.1) is 26.4 Å². The highest BCUT2D eigenvalue weighted by molar-refractivity contribution is 7.47.